The number of aryl methyl sites for hydroxylation is 1. The average molecular weight is 677 g/mol. The fourth-order valence-electron chi connectivity index (χ4n) is 6.71. The molecule has 2 aliphatic rings. The van der Waals surface area contributed by atoms with Gasteiger partial charge in [-0.2, -0.15) is 9.28 Å². The molecule has 0 radical (unpaired) electrons. The third kappa shape index (κ3) is 10.7. The second kappa shape index (κ2) is 17.1. The molecule has 0 aromatic heterocycles. The Labute approximate surface area is 281 Å². The Bertz CT molecular complexity index is 1240. The van der Waals surface area contributed by atoms with Crippen LogP contribution in [0.3, 0.4) is 0 Å². The number of unbranched alkanes of at least 4 members (excludes halogenated alkanes) is 1. The highest BCUT2D eigenvalue weighted by Gasteiger charge is 2.60. The molecule has 1 aromatic carbocycles. The summed E-state index contributed by atoms with van der Waals surface area (Å²) in [5, 5.41) is 0. The molecule has 0 bridgehead atoms. The quantitative estimate of drug-likeness (QED) is 0.0745. The molecule has 1 aliphatic heterocycles. The van der Waals surface area contributed by atoms with Gasteiger partial charge >= 0.3 is 31.7 Å². The van der Waals surface area contributed by atoms with Crippen LogP contribution >= 0.6 is 7.80 Å². The lowest BCUT2D eigenvalue weighted by atomic mass is 9.79. The molecule has 1 aromatic rings. The number of nitrogens with zero attached hydrogens (tertiary/aromatic N) is 1. The van der Waals surface area contributed by atoms with Crippen molar-refractivity contribution in [2.24, 2.45) is 28.4 Å². The first kappa shape index (κ1) is 38.8. The number of carbonyl (C=O) groups is 4. The fraction of sp³-hybridized carbons (Fsp3) is 0.722. The first-order valence-electron chi connectivity index (χ1n) is 17.2. The number of imide groups is 1. The maximum atomic E-state index is 14.0. The van der Waals surface area contributed by atoms with Crippen LogP contribution in [0.1, 0.15) is 98.5 Å². The Balaban J connectivity index is 1.61. The molecule has 2 amide bonds. The van der Waals surface area contributed by atoms with Gasteiger partial charge in [-0.3, -0.25) is 9.59 Å². The molecule has 1 heterocycles. The van der Waals surface area contributed by atoms with E-state index in [1.807, 2.05) is 45.9 Å². The second-order valence-corrected chi connectivity index (χ2v) is 17.0. The number of likely N-dealkylation sites (tertiary alicyclic amines) is 1. The summed E-state index contributed by atoms with van der Waals surface area (Å²) in [6, 6.07) is 8.90. The monoisotopic (exact) mass is 676 g/mol. The molecular weight excluding hydrogens is 619 g/mol. The molecule has 2 fully saturated rings. The normalized spacial score (nSPS) is 23.1. The van der Waals surface area contributed by atoms with Crippen LogP contribution in [0, 0.1) is 22.7 Å². The van der Waals surface area contributed by atoms with Crippen molar-refractivity contribution < 1.29 is 42.4 Å². The molecule has 11 heteroatoms. The summed E-state index contributed by atoms with van der Waals surface area (Å²) < 4.78 is 28.7. The SMILES string of the molecule is CC1C[C@@H](C2CCCCC2)C[N+]1(C(=O)C[P+](=O)CCCCc1ccccc1)C(=O)OCOC(=O)C(C)(C)COC(=O)[C@@H](N)C(C)(C)C. The third-order valence-electron chi connectivity index (χ3n) is 9.97. The number of hydrogen-bond donors (Lipinski definition) is 1. The van der Waals surface area contributed by atoms with Crippen molar-refractivity contribution in [1.29, 1.82) is 0 Å². The van der Waals surface area contributed by atoms with Crippen molar-refractivity contribution in [3.8, 4) is 0 Å². The van der Waals surface area contributed by atoms with E-state index in [0.29, 0.717) is 25.0 Å². The predicted molar refractivity (Wildman–Crippen MR) is 181 cm³/mol. The van der Waals surface area contributed by atoms with Gasteiger partial charge in [0.05, 0.1) is 5.41 Å². The molecular formula is C36H57N2O8P+2. The van der Waals surface area contributed by atoms with Crippen LogP contribution in [0.15, 0.2) is 30.3 Å². The molecule has 0 spiro atoms. The molecule has 1 saturated carbocycles. The Morgan fingerprint density at radius 3 is 2.23 bits per heavy atom. The van der Waals surface area contributed by atoms with Gasteiger partial charge in [-0.05, 0) is 69.8 Å². The molecule has 47 heavy (non-hydrogen) atoms. The predicted octanol–water partition coefficient (Wildman–Crippen LogP) is 6.75. The number of rotatable bonds is 14. The van der Waals surface area contributed by atoms with E-state index in [4.69, 9.17) is 19.9 Å². The number of carbonyl (C=O) groups excluding carboxylic acids is 4. The lowest BCUT2D eigenvalue weighted by Crippen LogP contribution is -2.60. The van der Waals surface area contributed by atoms with Gasteiger partial charge in [-0.1, -0.05) is 74.9 Å². The van der Waals surface area contributed by atoms with E-state index in [1.54, 1.807) is 13.8 Å². The van der Waals surface area contributed by atoms with Crippen molar-refractivity contribution in [3.05, 3.63) is 35.9 Å². The van der Waals surface area contributed by atoms with Crippen molar-refractivity contribution in [2.75, 3.05) is 32.3 Å². The Morgan fingerprint density at radius 1 is 0.936 bits per heavy atom. The largest absolute Gasteiger partial charge is 0.526 e. The van der Waals surface area contributed by atoms with E-state index in [-0.39, 0.29) is 24.7 Å². The van der Waals surface area contributed by atoms with E-state index >= 15 is 0 Å². The van der Waals surface area contributed by atoms with Gasteiger partial charge < -0.3 is 19.9 Å². The zero-order valence-electron chi connectivity index (χ0n) is 29.3. The van der Waals surface area contributed by atoms with Gasteiger partial charge in [0, 0.05) is 12.3 Å². The number of ether oxygens (including phenoxy) is 3. The molecule has 3 unspecified atom stereocenters. The summed E-state index contributed by atoms with van der Waals surface area (Å²) in [7, 11) is -1.84. The number of esters is 2. The summed E-state index contributed by atoms with van der Waals surface area (Å²) in [5.74, 6) is -1.13. The lowest BCUT2D eigenvalue weighted by Gasteiger charge is -2.31. The summed E-state index contributed by atoms with van der Waals surface area (Å²) in [6.45, 7) is 9.81. The highest BCUT2D eigenvalue weighted by atomic mass is 31.1. The molecule has 3 rings (SSSR count). The minimum Gasteiger partial charge on any atom is -0.463 e. The van der Waals surface area contributed by atoms with Crippen molar-refractivity contribution >= 4 is 31.7 Å². The first-order valence-corrected chi connectivity index (χ1v) is 18.8. The minimum atomic E-state index is -1.84. The zero-order chi connectivity index (χ0) is 34.8. The molecule has 1 aliphatic carbocycles. The number of hydrogen-bond acceptors (Lipinski definition) is 9. The van der Waals surface area contributed by atoms with Gasteiger partial charge in [-0.25, -0.2) is 4.79 Å². The summed E-state index contributed by atoms with van der Waals surface area (Å²) in [5.41, 5.74) is 5.45. The van der Waals surface area contributed by atoms with E-state index in [2.05, 4.69) is 12.1 Å². The average Bonchev–Trinajstić information content (AvgIpc) is 3.40. The van der Waals surface area contributed by atoms with Crippen LogP contribution in [0.5, 0.6) is 0 Å². The fourth-order valence-corrected chi connectivity index (χ4v) is 8.00. The summed E-state index contributed by atoms with van der Waals surface area (Å²) in [4.78, 5) is 53.0. The molecule has 1 saturated heterocycles. The Kier molecular flexibility index (Phi) is 14.1. The zero-order valence-corrected chi connectivity index (χ0v) is 30.2. The smallest absolute Gasteiger partial charge is 0.463 e. The van der Waals surface area contributed by atoms with Gasteiger partial charge in [0.2, 0.25) is 6.79 Å². The van der Waals surface area contributed by atoms with Gasteiger partial charge in [0.25, 0.3) is 6.16 Å². The maximum absolute atomic E-state index is 14.0. The van der Waals surface area contributed by atoms with Crippen LogP contribution in [0.2, 0.25) is 0 Å². The highest BCUT2D eigenvalue weighted by molar-refractivity contribution is 7.45. The van der Waals surface area contributed by atoms with Crippen molar-refractivity contribution in [2.45, 2.75) is 111 Å². The molecule has 10 nitrogen and oxygen atoms in total. The van der Waals surface area contributed by atoms with Crippen molar-refractivity contribution in [3.63, 3.8) is 0 Å². The van der Waals surface area contributed by atoms with Crippen LogP contribution in [0.25, 0.3) is 0 Å². The number of quaternary nitrogens is 1. The second-order valence-electron chi connectivity index (χ2n) is 15.3. The standard InChI is InChI=1S/C36H57N2O8P/c1-26-21-29(28-18-11-8-12-19-28)22-38(26,30(39)23-47(43)20-14-13-17-27-15-9-7-10-16-27)34(42)46-25-45-33(41)36(5,6)24-44-32(40)31(37)35(2,3)4/h7,9-10,15-16,26,28-29,31H,8,11-14,17-25,37H2,1-6H3/q+2/t26?,29-,31-,38?/m1/s1. The van der Waals surface area contributed by atoms with Crippen LogP contribution in [-0.4, -0.2) is 72.8 Å². The van der Waals surface area contributed by atoms with Crippen LogP contribution in [0.4, 0.5) is 4.79 Å². The van der Waals surface area contributed by atoms with Gasteiger partial charge in [0.1, 0.15) is 31.4 Å². The molecule has 2 N–H and O–H groups in total. The maximum Gasteiger partial charge on any atom is 0.526 e. The first-order chi connectivity index (χ1) is 22.1. The Morgan fingerprint density at radius 2 is 1.60 bits per heavy atom. The highest BCUT2D eigenvalue weighted by Crippen LogP contribution is 2.43. The number of benzene rings is 1. The molecule has 262 valence electrons. The third-order valence-corrected chi connectivity index (χ3v) is 11.4. The van der Waals surface area contributed by atoms with Gasteiger partial charge in [-0.15, -0.1) is 0 Å². The molecule has 5 atom stereocenters. The minimum absolute atomic E-state index is 0.182. The summed E-state index contributed by atoms with van der Waals surface area (Å²) >= 11 is 0. The van der Waals surface area contributed by atoms with E-state index in [0.717, 1.165) is 44.9 Å². The van der Waals surface area contributed by atoms with Gasteiger partial charge in [0.15, 0.2) is 0 Å². The topological polar surface area (TPSA) is 139 Å². The number of nitrogens with two attached hydrogens (primary N) is 1. The lowest BCUT2D eigenvalue weighted by molar-refractivity contribution is -0.794. The van der Waals surface area contributed by atoms with E-state index in [9.17, 15) is 23.7 Å². The van der Waals surface area contributed by atoms with E-state index in [1.165, 1.54) is 12.0 Å². The van der Waals surface area contributed by atoms with Crippen molar-refractivity contribution in [1.82, 2.24) is 0 Å². The van der Waals surface area contributed by atoms with Crippen LogP contribution in [-0.2, 0) is 39.6 Å². The Hall–Kier alpha value is -2.68. The van der Waals surface area contributed by atoms with E-state index < -0.39 is 59.9 Å². The van der Waals surface area contributed by atoms with Crippen LogP contribution < -0.4 is 5.73 Å². The summed E-state index contributed by atoms with van der Waals surface area (Å²) in [6.07, 6.45) is 8.28. The number of amides is 2.